The zero-order valence-corrected chi connectivity index (χ0v) is 7.30. The van der Waals surface area contributed by atoms with Gasteiger partial charge in [-0.15, -0.1) is 0 Å². The minimum atomic E-state index is -2.16. The maximum atomic E-state index is 10.5. The quantitative estimate of drug-likeness (QED) is 0.237. The standard InChI is InChI=1S/C3H4Cl3N3O2/c4-3(5,6)1(10)11-9-2(7)8/h(H4,7,8,9). The molecule has 0 spiro atoms. The number of halogens is 3. The zero-order valence-electron chi connectivity index (χ0n) is 5.03. The predicted octanol–water partition coefficient (Wildman–Crippen LogP) is 0.298. The summed E-state index contributed by atoms with van der Waals surface area (Å²) >= 11 is 15.2. The highest BCUT2D eigenvalue weighted by Crippen LogP contribution is 2.26. The largest absolute Gasteiger partial charge is 0.383 e. The molecule has 0 amide bonds. The summed E-state index contributed by atoms with van der Waals surface area (Å²) < 4.78 is -2.16. The first-order valence-electron chi connectivity index (χ1n) is 2.22. The van der Waals surface area contributed by atoms with Gasteiger partial charge < -0.3 is 10.6 Å². The molecule has 0 aromatic rings. The second-order valence-corrected chi connectivity index (χ2v) is 3.68. The van der Waals surface area contributed by atoms with Crippen molar-refractivity contribution in [3.63, 3.8) is 0 Å². The number of hydrogen-bond acceptors (Lipinski definition) is 3. The Kier molecular flexibility index (Phi) is 3.71. The number of rotatable bonds is 0. The van der Waals surface area contributed by atoms with Crippen LogP contribution < -0.4 is 11.2 Å². The average molecular weight is 220 g/mol. The molecular formula is C3H4Cl3N3O2. The Balaban J connectivity index is 3.80. The van der Waals surface area contributed by atoms with E-state index < -0.39 is 15.7 Å². The molecule has 0 aliphatic carbocycles. The smallest absolute Gasteiger partial charge is 0.368 e. The maximum absolute atomic E-state index is 10.5. The summed E-state index contributed by atoms with van der Waals surface area (Å²) in [7, 11) is 0. The van der Waals surface area contributed by atoms with Crippen LogP contribution in [-0.4, -0.2) is 15.7 Å². The molecular weight excluding hydrogens is 216 g/mol. The molecule has 8 heteroatoms. The van der Waals surface area contributed by atoms with Crippen LogP contribution in [0.15, 0.2) is 0 Å². The highest BCUT2D eigenvalue weighted by Gasteiger charge is 2.33. The number of hydroxylamine groups is 1. The lowest BCUT2D eigenvalue weighted by Gasteiger charge is -2.09. The second kappa shape index (κ2) is 3.85. The van der Waals surface area contributed by atoms with Crippen LogP contribution in [0.5, 0.6) is 0 Å². The number of hydrogen-bond donors (Lipinski definition) is 3. The lowest BCUT2D eigenvalue weighted by Crippen LogP contribution is -2.36. The molecule has 0 fully saturated rings. The molecule has 0 rings (SSSR count). The molecule has 0 heterocycles. The van der Waals surface area contributed by atoms with E-state index >= 15 is 0 Å². The van der Waals surface area contributed by atoms with Gasteiger partial charge in [0.05, 0.1) is 0 Å². The van der Waals surface area contributed by atoms with Crippen molar-refractivity contribution < 1.29 is 9.63 Å². The van der Waals surface area contributed by atoms with Crippen molar-refractivity contribution in [3.05, 3.63) is 0 Å². The highest BCUT2D eigenvalue weighted by atomic mass is 35.6. The zero-order chi connectivity index (χ0) is 9.07. The maximum Gasteiger partial charge on any atom is 0.383 e. The lowest BCUT2D eigenvalue weighted by atomic mass is 10.8. The molecule has 5 nitrogen and oxygen atoms in total. The third-order valence-corrected chi connectivity index (χ3v) is 0.948. The average Bonchev–Trinajstić information content (AvgIpc) is 1.80. The van der Waals surface area contributed by atoms with E-state index in [9.17, 15) is 4.79 Å². The van der Waals surface area contributed by atoms with Crippen LogP contribution in [0.25, 0.3) is 0 Å². The van der Waals surface area contributed by atoms with Crippen molar-refractivity contribution in [1.29, 1.82) is 5.41 Å². The van der Waals surface area contributed by atoms with Crippen LogP contribution in [0.4, 0.5) is 0 Å². The fraction of sp³-hybridized carbons (Fsp3) is 0.333. The van der Waals surface area contributed by atoms with E-state index in [2.05, 4.69) is 4.84 Å². The monoisotopic (exact) mass is 219 g/mol. The first-order chi connectivity index (χ1) is 4.84. The Labute approximate surface area is 77.2 Å². The van der Waals surface area contributed by atoms with Crippen molar-refractivity contribution in [3.8, 4) is 0 Å². The van der Waals surface area contributed by atoms with Gasteiger partial charge in [0, 0.05) is 0 Å². The van der Waals surface area contributed by atoms with E-state index in [1.807, 2.05) is 0 Å². The molecule has 0 radical (unpaired) electrons. The predicted molar refractivity (Wildman–Crippen MR) is 41.4 cm³/mol. The minimum Gasteiger partial charge on any atom is -0.368 e. The molecule has 0 saturated carbocycles. The van der Waals surface area contributed by atoms with Gasteiger partial charge in [-0.3, -0.25) is 5.41 Å². The van der Waals surface area contributed by atoms with Gasteiger partial charge in [-0.05, 0) is 0 Å². The molecule has 0 bridgehead atoms. The molecule has 4 N–H and O–H groups in total. The summed E-state index contributed by atoms with van der Waals surface area (Å²) in [5.74, 6) is -1.72. The van der Waals surface area contributed by atoms with Crippen LogP contribution in [0.2, 0.25) is 0 Å². The third-order valence-electron chi connectivity index (χ3n) is 0.485. The van der Waals surface area contributed by atoms with Crippen molar-refractivity contribution in [2.24, 2.45) is 5.73 Å². The molecule has 64 valence electrons. The lowest BCUT2D eigenvalue weighted by molar-refractivity contribution is -0.146. The van der Waals surface area contributed by atoms with Crippen LogP contribution in [0.1, 0.15) is 0 Å². The van der Waals surface area contributed by atoms with Crippen LogP contribution in [0, 0.1) is 5.41 Å². The van der Waals surface area contributed by atoms with Gasteiger partial charge in [-0.2, -0.15) is 5.48 Å². The van der Waals surface area contributed by atoms with Gasteiger partial charge in [0.2, 0.25) is 5.96 Å². The fourth-order valence-electron chi connectivity index (χ4n) is 0.159. The summed E-state index contributed by atoms with van der Waals surface area (Å²) in [4.78, 5) is 14.6. The molecule has 0 aliphatic heterocycles. The Morgan fingerprint density at radius 2 is 2.00 bits per heavy atom. The van der Waals surface area contributed by atoms with Crippen molar-refractivity contribution in [1.82, 2.24) is 5.48 Å². The second-order valence-electron chi connectivity index (χ2n) is 1.40. The van der Waals surface area contributed by atoms with Crippen molar-refractivity contribution in [2.45, 2.75) is 3.79 Å². The molecule has 0 unspecified atom stereocenters. The van der Waals surface area contributed by atoms with Gasteiger partial charge in [0.1, 0.15) is 0 Å². The van der Waals surface area contributed by atoms with Crippen LogP contribution in [-0.2, 0) is 9.63 Å². The van der Waals surface area contributed by atoms with Gasteiger partial charge in [0.25, 0.3) is 3.79 Å². The topological polar surface area (TPSA) is 88.2 Å². The summed E-state index contributed by atoms with van der Waals surface area (Å²) in [5.41, 5.74) is 6.46. The third kappa shape index (κ3) is 4.94. The fourth-order valence-corrected chi connectivity index (χ4v) is 0.275. The van der Waals surface area contributed by atoms with Gasteiger partial charge in [0.15, 0.2) is 0 Å². The van der Waals surface area contributed by atoms with Crippen molar-refractivity contribution in [2.75, 3.05) is 0 Å². The first-order valence-corrected chi connectivity index (χ1v) is 3.35. The summed E-state index contributed by atoms with van der Waals surface area (Å²) in [6, 6.07) is 0. The number of guanidine groups is 1. The van der Waals surface area contributed by atoms with Crippen molar-refractivity contribution >= 4 is 46.7 Å². The van der Waals surface area contributed by atoms with E-state index in [1.165, 1.54) is 0 Å². The van der Waals surface area contributed by atoms with Crippen LogP contribution >= 0.6 is 34.8 Å². The van der Waals surface area contributed by atoms with E-state index in [1.54, 1.807) is 5.48 Å². The summed E-state index contributed by atoms with van der Waals surface area (Å²) in [6.45, 7) is 0. The molecule has 0 aromatic carbocycles. The van der Waals surface area contributed by atoms with E-state index in [0.29, 0.717) is 0 Å². The molecule has 11 heavy (non-hydrogen) atoms. The summed E-state index contributed by atoms with van der Waals surface area (Å²) in [6.07, 6.45) is 0. The Morgan fingerprint density at radius 3 is 2.27 bits per heavy atom. The van der Waals surface area contributed by atoms with Gasteiger partial charge in [-0.25, -0.2) is 4.79 Å². The number of nitrogens with one attached hydrogen (secondary N) is 2. The van der Waals surface area contributed by atoms with Gasteiger partial charge in [-0.1, -0.05) is 34.8 Å². The van der Waals surface area contributed by atoms with E-state index in [-0.39, 0.29) is 0 Å². The number of carbonyl (C=O) groups excluding carboxylic acids is 1. The van der Waals surface area contributed by atoms with Gasteiger partial charge >= 0.3 is 5.97 Å². The van der Waals surface area contributed by atoms with E-state index in [4.69, 9.17) is 45.9 Å². The highest BCUT2D eigenvalue weighted by molar-refractivity contribution is 6.75. The molecule has 0 aromatic heterocycles. The normalized spacial score (nSPS) is 10.5. The summed E-state index contributed by atoms with van der Waals surface area (Å²) in [5, 5.41) is 6.55. The van der Waals surface area contributed by atoms with Crippen LogP contribution in [0.3, 0.4) is 0 Å². The Bertz CT molecular complexity index is 177. The number of carbonyl (C=O) groups is 1. The molecule has 0 saturated heterocycles. The SMILES string of the molecule is N=C(N)NOC(=O)C(Cl)(Cl)Cl. The first kappa shape index (κ1) is 10.6. The Hall–Kier alpha value is -0.390. The Morgan fingerprint density at radius 1 is 1.55 bits per heavy atom. The number of nitrogens with two attached hydrogens (primary N) is 1. The van der Waals surface area contributed by atoms with E-state index in [0.717, 1.165) is 0 Å². The molecule has 0 atom stereocenters. The number of alkyl halides is 3. The molecule has 0 aliphatic rings. The minimum absolute atomic E-state index is 0.562.